The number of ether oxygens (including phenoxy) is 1. The van der Waals surface area contributed by atoms with Crippen LogP contribution in [0, 0.1) is 0 Å². The molecule has 3 rings (SSSR count). The number of carbonyl (C=O) groups excluding carboxylic acids is 1. The van der Waals surface area contributed by atoms with Crippen molar-refractivity contribution in [3.63, 3.8) is 0 Å². The monoisotopic (exact) mass is 422 g/mol. The summed E-state index contributed by atoms with van der Waals surface area (Å²) in [5.74, 6) is 0.449. The van der Waals surface area contributed by atoms with Gasteiger partial charge in [0.15, 0.2) is 9.84 Å². The fourth-order valence-electron chi connectivity index (χ4n) is 3.38. The van der Waals surface area contributed by atoms with Crippen molar-refractivity contribution in [1.29, 1.82) is 0 Å². The molecule has 0 bridgehead atoms. The molecule has 1 unspecified atom stereocenters. The number of sulfone groups is 1. The standard InChI is InChI=1S/C20H23ClN2O4S/c1-27-19-7-6-16(21)11-18(19)23-9-8-17(12-23)22-20(24)15-5-3-4-14(10-15)13-28(2,25)26/h3-7,10-11,17H,8-9,12-13H2,1-2H3,(H,22,24). The molecule has 1 atom stereocenters. The van der Waals surface area contributed by atoms with E-state index in [4.69, 9.17) is 16.3 Å². The van der Waals surface area contributed by atoms with Gasteiger partial charge in [0.2, 0.25) is 0 Å². The van der Waals surface area contributed by atoms with E-state index in [0.717, 1.165) is 24.4 Å². The van der Waals surface area contributed by atoms with Gasteiger partial charge >= 0.3 is 0 Å². The summed E-state index contributed by atoms with van der Waals surface area (Å²) in [4.78, 5) is 14.7. The van der Waals surface area contributed by atoms with Crippen molar-refractivity contribution in [3.05, 3.63) is 58.6 Å². The molecule has 1 fully saturated rings. The van der Waals surface area contributed by atoms with Gasteiger partial charge in [-0.15, -0.1) is 0 Å². The minimum atomic E-state index is -3.15. The van der Waals surface area contributed by atoms with Crippen LogP contribution in [0.1, 0.15) is 22.3 Å². The van der Waals surface area contributed by atoms with Crippen LogP contribution in [0.15, 0.2) is 42.5 Å². The lowest BCUT2D eigenvalue weighted by Gasteiger charge is -2.21. The molecule has 0 radical (unpaired) electrons. The van der Waals surface area contributed by atoms with Crippen LogP contribution in [-0.2, 0) is 15.6 Å². The van der Waals surface area contributed by atoms with Crippen molar-refractivity contribution in [2.75, 3.05) is 31.4 Å². The molecule has 1 amide bonds. The Kier molecular flexibility index (Phi) is 6.15. The van der Waals surface area contributed by atoms with E-state index in [9.17, 15) is 13.2 Å². The third kappa shape index (κ3) is 5.17. The van der Waals surface area contributed by atoms with Gasteiger partial charge in [0.25, 0.3) is 5.91 Å². The zero-order valence-electron chi connectivity index (χ0n) is 15.8. The van der Waals surface area contributed by atoms with Crippen LogP contribution in [0.2, 0.25) is 5.02 Å². The van der Waals surface area contributed by atoms with E-state index >= 15 is 0 Å². The summed E-state index contributed by atoms with van der Waals surface area (Å²) < 4.78 is 28.4. The highest BCUT2D eigenvalue weighted by Gasteiger charge is 2.26. The second-order valence-corrected chi connectivity index (χ2v) is 9.57. The van der Waals surface area contributed by atoms with Gasteiger partial charge in [0.1, 0.15) is 5.75 Å². The summed E-state index contributed by atoms with van der Waals surface area (Å²) in [6.45, 7) is 1.42. The fraction of sp³-hybridized carbons (Fsp3) is 0.350. The van der Waals surface area contributed by atoms with E-state index in [1.54, 1.807) is 37.4 Å². The van der Waals surface area contributed by atoms with Crippen molar-refractivity contribution in [2.45, 2.75) is 18.2 Å². The van der Waals surface area contributed by atoms with Crippen LogP contribution < -0.4 is 15.0 Å². The first-order chi connectivity index (χ1) is 13.2. The first-order valence-electron chi connectivity index (χ1n) is 8.91. The number of hydrogen-bond acceptors (Lipinski definition) is 5. The van der Waals surface area contributed by atoms with Crippen LogP contribution in [0.4, 0.5) is 5.69 Å². The van der Waals surface area contributed by atoms with Crippen molar-refractivity contribution in [3.8, 4) is 5.75 Å². The van der Waals surface area contributed by atoms with Crippen molar-refractivity contribution in [2.24, 2.45) is 0 Å². The van der Waals surface area contributed by atoms with Crippen molar-refractivity contribution in [1.82, 2.24) is 5.32 Å². The highest BCUT2D eigenvalue weighted by Crippen LogP contribution is 2.33. The average molecular weight is 423 g/mol. The molecule has 150 valence electrons. The number of carbonyl (C=O) groups is 1. The largest absolute Gasteiger partial charge is 0.495 e. The van der Waals surface area contributed by atoms with E-state index in [0.29, 0.717) is 22.7 Å². The number of nitrogens with zero attached hydrogens (tertiary/aromatic N) is 1. The maximum Gasteiger partial charge on any atom is 0.251 e. The minimum Gasteiger partial charge on any atom is -0.495 e. The second kappa shape index (κ2) is 8.41. The van der Waals surface area contributed by atoms with Gasteiger partial charge in [0.05, 0.1) is 18.6 Å². The van der Waals surface area contributed by atoms with Crippen molar-refractivity contribution >= 4 is 33.0 Å². The Balaban J connectivity index is 1.67. The first kappa shape index (κ1) is 20.5. The third-order valence-corrected chi connectivity index (χ3v) is 5.72. The Morgan fingerprint density at radius 1 is 1.29 bits per heavy atom. The molecule has 6 nitrogen and oxygen atoms in total. The van der Waals surface area contributed by atoms with E-state index < -0.39 is 9.84 Å². The van der Waals surface area contributed by atoms with E-state index in [-0.39, 0.29) is 17.7 Å². The number of anilines is 1. The fourth-order valence-corrected chi connectivity index (χ4v) is 4.33. The maximum absolute atomic E-state index is 12.6. The average Bonchev–Trinajstić information content (AvgIpc) is 3.08. The molecule has 2 aromatic rings. The van der Waals surface area contributed by atoms with Gasteiger partial charge in [-0.05, 0) is 42.3 Å². The van der Waals surface area contributed by atoms with Gasteiger partial charge < -0.3 is 15.0 Å². The zero-order chi connectivity index (χ0) is 20.3. The Hall–Kier alpha value is -2.25. The summed E-state index contributed by atoms with van der Waals surface area (Å²) in [5, 5.41) is 3.66. The molecular weight excluding hydrogens is 400 g/mol. The molecule has 0 spiro atoms. The number of benzene rings is 2. The van der Waals surface area contributed by atoms with Crippen LogP contribution >= 0.6 is 11.6 Å². The molecule has 1 saturated heterocycles. The molecule has 1 aliphatic rings. The highest BCUT2D eigenvalue weighted by atomic mass is 35.5. The maximum atomic E-state index is 12.6. The molecule has 1 N–H and O–H groups in total. The Morgan fingerprint density at radius 3 is 2.79 bits per heavy atom. The summed E-state index contributed by atoms with van der Waals surface area (Å²) in [6.07, 6.45) is 1.97. The molecular formula is C20H23ClN2O4S. The van der Waals surface area contributed by atoms with Gasteiger partial charge in [0, 0.05) is 36.0 Å². The van der Waals surface area contributed by atoms with Crippen molar-refractivity contribution < 1.29 is 17.9 Å². The summed E-state index contributed by atoms with van der Waals surface area (Å²) in [6, 6.07) is 12.2. The molecule has 0 aromatic heterocycles. The molecule has 28 heavy (non-hydrogen) atoms. The van der Waals surface area contributed by atoms with Crippen LogP contribution in [0.5, 0.6) is 5.75 Å². The Morgan fingerprint density at radius 2 is 2.07 bits per heavy atom. The molecule has 0 saturated carbocycles. The normalized spacial score (nSPS) is 16.8. The predicted octanol–water partition coefficient (Wildman–Crippen LogP) is 2.90. The molecule has 1 aliphatic heterocycles. The molecule has 8 heteroatoms. The topological polar surface area (TPSA) is 75.7 Å². The van der Waals surface area contributed by atoms with E-state index in [2.05, 4.69) is 10.2 Å². The molecule has 0 aliphatic carbocycles. The van der Waals surface area contributed by atoms with Crippen LogP contribution in [-0.4, -0.2) is 46.8 Å². The molecule has 1 heterocycles. The van der Waals surface area contributed by atoms with Gasteiger partial charge in [-0.3, -0.25) is 4.79 Å². The quantitative estimate of drug-likeness (QED) is 0.774. The minimum absolute atomic E-state index is 0.0187. The van der Waals surface area contributed by atoms with Gasteiger partial charge in [-0.2, -0.15) is 0 Å². The number of hydrogen-bond donors (Lipinski definition) is 1. The lowest BCUT2D eigenvalue weighted by Crippen LogP contribution is -2.37. The first-order valence-corrected chi connectivity index (χ1v) is 11.3. The summed E-state index contributed by atoms with van der Waals surface area (Å²) in [7, 11) is -1.53. The van der Waals surface area contributed by atoms with Crippen LogP contribution in [0.25, 0.3) is 0 Å². The number of methoxy groups -OCH3 is 1. The highest BCUT2D eigenvalue weighted by molar-refractivity contribution is 7.89. The molecule has 2 aromatic carbocycles. The van der Waals surface area contributed by atoms with Gasteiger partial charge in [-0.1, -0.05) is 23.7 Å². The Bertz CT molecular complexity index is 978. The number of rotatable bonds is 6. The summed E-state index contributed by atoms with van der Waals surface area (Å²) in [5.41, 5.74) is 1.97. The smallest absolute Gasteiger partial charge is 0.251 e. The number of nitrogens with one attached hydrogen (secondary N) is 1. The lowest BCUT2D eigenvalue weighted by atomic mass is 10.1. The van der Waals surface area contributed by atoms with E-state index in [1.807, 2.05) is 12.1 Å². The third-order valence-electron chi connectivity index (χ3n) is 4.62. The lowest BCUT2D eigenvalue weighted by molar-refractivity contribution is 0.0940. The second-order valence-electron chi connectivity index (χ2n) is 6.99. The Labute approximate surface area is 170 Å². The predicted molar refractivity (Wildman–Crippen MR) is 111 cm³/mol. The van der Waals surface area contributed by atoms with Crippen LogP contribution in [0.3, 0.4) is 0 Å². The van der Waals surface area contributed by atoms with Gasteiger partial charge in [-0.25, -0.2) is 8.42 Å². The number of amides is 1. The number of halogens is 1. The SMILES string of the molecule is COc1ccc(Cl)cc1N1CCC(NC(=O)c2cccc(CS(C)(=O)=O)c2)C1. The summed E-state index contributed by atoms with van der Waals surface area (Å²) >= 11 is 6.12. The van der Waals surface area contributed by atoms with E-state index in [1.165, 1.54) is 6.26 Å². The zero-order valence-corrected chi connectivity index (χ0v) is 17.4.